The Bertz CT molecular complexity index is 451. The van der Waals surface area contributed by atoms with Crippen molar-refractivity contribution in [1.29, 1.82) is 0 Å². The summed E-state index contributed by atoms with van der Waals surface area (Å²) in [6.07, 6.45) is 3.97. The normalized spacial score (nSPS) is 11.7. The van der Waals surface area contributed by atoms with E-state index in [4.69, 9.17) is 5.11 Å². The second-order valence-corrected chi connectivity index (χ2v) is 5.29. The summed E-state index contributed by atoms with van der Waals surface area (Å²) in [6.45, 7) is 2.20. The Morgan fingerprint density at radius 3 is 2.75 bits per heavy atom. The van der Waals surface area contributed by atoms with Crippen LogP contribution in [0.2, 0.25) is 0 Å². The summed E-state index contributed by atoms with van der Waals surface area (Å²) in [5.74, 6) is -0.342. The summed E-state index contributed by atoms with van der Waals surface area (Å²) in [5.41, 5.74) is 1.77. The minimum atomic E-state index is -1.02. The van der Waals surface area contributed by atoms with Crippen LogP contribution in [-0.2, 0) is 11.3 Å². The second-order valence-electron chi connectivity index (χ2n) is 4.31. The molecule has 0 aliphatic carbocycles. The SMILES string of the molecule is CSCCC(NC(=O)NCc1ccc(C)nc1)C(=O)O. The molecular formula is C13H19N3O3S. The predicted molar refractivity (Wildman–Crippen MR) is 78.8 cm³/mol. The molecular weight excluding hydrogens is 278 g/mol. The van der Waals surface area contributed by atoms with Gasteiger partial charge in [-0.25, -0.2) is 9.59 Å². The zero-order valence-electron chi connectivity index (χ0n) is 11.5. The maximum absolute atomic E-state index is 11.6. The molecule has 1 atom stereocenters. The number of aryl methyl sites for hydroxylation is 1. The maximum Gasteiger partial charge on any atom is 0.326 e. The number of amides is 2. The lowest BCUT2D eigenvalue weighted by Gasteiger charge is -2.14. The van der Waals surface area contributed by atoms with Crippen LogP contribution in [0.5, 0.6) is 0 Å². The molecule has 1 rings (SSSR count). The fraction of sp³-hybridized carbons (Fsp3) is 0.462. The summed E-state index contributed by atoms with van der Waals surface area (Å²) in [5, 5.41) is 14.1. The topological polar surface area (TPSA) is 91.3 Å². The van der Waals surface area contributed by atoms with Crippen LogP contribution in [0.15, 0.2) is 18.3 Å². The van der Waals surface area contributed by atoms with E-state index in [0.717, 1.165) is 11.3 Å². The number of hydrogen-bond donors (Lipinski definition) is 3. The van der Waals surface area contributed by atoms with Crippen LogP contribution in [0.4, 0.5) is 4.79 Å². The van der Waals surface area contributed by atoms with E-state index in [2.05, 4.69) is 15.6 Å². The Hall–Kier alpha value is -1.76. The Morgan fingerprint density at radius 2 is 2.20 bits per heavy atom. The Kier molecular flexibility index (Phi) is 6.86. The van der Waals surface area contributed by atoms with Crippen LogP contribution in [0.25, 0.3) is 0 Å². The number of carboxylic acid groups (broad SMARTS) is 1. The number of carboxylic acids is 1. The van der Waals surface area contributed by atoms with Crippen molar-refractivity contribution in [2.45, 2.75) is 25.9 Å². The molecule has 0 fully saturated rings. The fourth-order valence-corrected chi connectivity index (χ4v) is 1.96. The molecule has 2 amide bonds. The van der Waals surface area contributed by atoms with E-state index < -0.39 is 18.0 Å². The van der Waals surface area contributed by atoms with Gasteiger partial charge in [-0.2, -0.15) is 11.8 Å². The Morgan fingerprint density at radius 1 is 1.45 bits per heavy atom. The molecule has 0 saturated carbocycles. The van der Waals surface area contributed by atoms with Crippen molar-refractivity contribution in [3.05, 3.63) is 29.6 Å². The van der Waals surface area contributed by atoms with Crippen LogP contribution in [0, 0.1) is 6.92 Å². The van der Waals surface area contributed by atoms with Gasteiger partial charge in [0.15, 0.2) is 0 Å². The van der Waals surface area contributed by atoms with Gasteiger partial charge in [-0.3, -0.25) is 4.98 Å². The monoisotopic (exact) mass is 297 g/mol. The zero-order valence-corrected chi connectivity index (χ0v) is 12.4. The van der Waals surface area contributed by atoms with E-state index in [9.17, 15) is 9.59 Å². The number of rotatable bonds is 7. The van der Waals surface area contributed by atoms with Crippen molar-refractivity contribution in [2.24, 2.45) is 0 Å². The minimum Gasteiger partial charge on any atom is -0.480 e. The lowest BCUT2D eigenvalue weighted by atomic mass is 10.2. The van der Waals surface area contributed by atoms with Crippen molar-refractivity contribution in [1.82, 2.24) is 15.6 Å². The van der Waals surface area contributed by atoms with Gasteiger partial charge in [0.1, 0.15) is 6.04 Å². The third-order valence-corrected chi connectivity index (χ3v) is 3.28. The van der Waals surface area contributed by atoms with Crippen molar-refractivity contribution < 1.29 is 14.7 Å². The van der Waals surface area contributed by atoms with Gasteiger partial charge in [-0.15, -0.1) is 0 Å². The molecule has 1 aromatic rings. The first-order valence-corrected chi connectivity index (χ1v) is 7.60. The summed E-state index contributed by atoms with van der Waals surface area (Å²) >= 11 is 1.54. The van der Waals surface area contributed by atoms with Crippen LogP contribution < -0.4 is 10.6 Å². The molecule has 0 saturated heterocycles. The zero-order chi connectivity index (χ0) is 15.0. The van der Waals surface area contributed by atoms with Crippen LogP contribution in [-0.4, -0.2) is 40.1 Å². The summed E-state index contributed by atoms with van der Waals surface area (Å²) in [7, 11) is 0. The third-order valence-electron chi connectivity index (χ3n) is 2.64. The van der Waals surface area contributed by atoms with Gasteiger partial charge in [0.2, 0.25) is 0 Å². The number of nitrogens with one attached hydrogen (secondary N) is 2. The van der Waals surface area contributed by atoms with Gasteiger partial charge in [0.05, 0.1) is 0 Å². The minimum absolute atomic E-state index is 0.313. The Labute approximate surface area is 122 Å². The molecule has 3 N–H and O–H groups in total. The average molecular weight is 297 g/mol. The smallest absolute Gasteiger partial charge is 0.326 e. The van der Waals surface area contributed by atoms with E-state index in [1.54, 1.807) is 18.0 Å². The van der Waals surface area contributed by atoms with Crippen molar-refractivity contribution >= 4 is 23.8 Å². The first kappa shape index (κ1) is 16.3. The molecule has 7 heteroatoms. The molecule has 0 aliphatic heterocycles. The number of urea groups is 1. The van der Waals surface area contributed by atoms with Crippen molar-refractivity contribution in [3.8, 4) is 0 Å². The van der Waals surface area contributed by atoms with E-state index in [-0.39, 0.29) is 0 Å². The number of aliphatic carboxylic acids is 1. The lowest BCUT2D eigenvalue weighted by molar-refractivity contribution is -0.139. The number of pyridine rings is 1. The maximum atomic E-state index is 11.6. The van der Waals surface area contributed by atoms with Gasteiger partial charge in [-0.05, 0) is 37.0 Å². The van der Waals surface area contributed by atoms with E-state index in [1.165, 1.54) is 0 Å². The molecule has 0 bridgehead atoms. The largest absolute Gasteiger partial charge is 0.480 e. The summed E-state index contributed by atoms with van der Waals surface area (Å²) in [6, 6.07) is 2.37. The highest BCUT2D eigenvalue weighted by Crippen LogP contribution is 2.01. The highest BCUT2D eigenvalue weighted by atomic mass is 32.2. The predicted octanol–water partition coefficient (Wildman–Crippen LogP) is 1.40. The van der Waals surface area contributed by atoms with E-state index >= 15 is 0 Å². The van der Waals surface area contributed by atoms with Crippen molar-refractivity contribution in [2.75, 3.05) is 12.0 Å². The van der Waals surface area contributed by atoms with E-state index in [0.29, 0.717) is 18.7 Å². The van der Waals surface area contributed by atoms with Crippen LogP contribution >= 0.6 is 11.8 Å². The van der Waals surface area contributed by atoms with Crippen LogP contribution in [0.3, 0.4) is 0 Å². The third kappa shape index (κ3) is 5.92. The number of nitrogens with zero attached hydrogens (tertiary/aromatic N) is 1. The second kappa shape index (κ2) is 8.42. The molecule has 0 spiro atoms. The molecule has 1 aromatic heterocycles. The first-order chi connectivity index (χ1) is 9.52. The van der Waals surface area contributed by atoms with Gasteiger partial charge in [0.25, 0.3) is 0 Å². The number of aromatic nitrogens is 1. The lowest BCUT2D eigenvalue weighted by Crippen LogP contribution is -2.46. The number of hydrogen-bond acceptors (Lipinski definition) is 4. The molecule has 0 aromatic carbocycles. The number of carbonyl (C=O) groups is 2. The highest BCUT2D eigenvalue weighted by molar-refractivity contribution is 7.98. The van der Waals surface area contributed by atoms with Crippen molar-refractivity contribution in [3.63, 3.8) is 0 Å². The fourth-order valence-electron chi connectivity index (χ4n) is 1.49. The van der Waals surface area contributed by atoms with Gasteiger partial charge < -0.3 is 15.7 Å². The number of carbonyl (C=O) groups excluding carboxylic acids is 1. The molecule has 1 unspecified atom stereocenters. The van der Waals surface area contributed by atoms with Gasteiger partial charge in [0, 0.05) is 18.4 Å². The number of thioether (sulfide) groups is 1. The molecule has 6 nitrogen and oxygen atoms in total. The summed E-state index contributed by atoms with van der Waals surface area (Å²) < 4.78 is 0. The van der Waals surface area contributed by atoms with Gasteiger partial charge >= 0.3 is 12.0 Å². The van der Waals surface area contributed by atoms with Crippen LogP contribution in [0.1, 0.15) is 17.7 Å². The molecule has 110 valence electrons. The summed E-state index contributed by atoms with van der Waals surface area (Å²) in [4.78, 5) is 26.8. The average Bonchev–Trinajstić information content (AvgIpc) is 2.42. The quantitative estimate of drug-likeness (QED) is 0.707. The van der Waals surface area contributed by atoms with E-state index in [1.807, 2.05) is 25.3 Å². The highest BCUT2D eigenvalue weighted by Gasteiger charge is 2.18. The molecule has 1 heterocycles. The molecule has 0 radical (unpaired) electrons. The molecule has 20 heavy (non-hydrogen) atoms. The molecule has 0 aliphatic rings. The standard InChI is InChI=1S/C13H19N3O3S/c1-9-3-4-10(7-14-9)8-15-13(19)16-11(12(17)18)5-6-20-2/h3-4,7,11H,5-6,8H2,1-2H3,(H,17,18)(H2,15,16,19). The Balaban J connectivity index is 2.41. The first-order valence-electron chi connectivity index (χ1n) is 6.20. The van der Waals surface area contributed by atoms with Gasteiger partial charge in [-0.1, -0.05) is 6.07 Å².